The van der Waals surface area contributed by atoms with Crippen molar-refractivity contribution in [2.75, 3.05) is 17.7 Å². The number of nitrogens with zero attached hydrogens (tertiary/aromatic N) is 2. The lowest BCUT2D eigenvalue weighted by atomic mass is 9.89. The second kappa shape index (κ2) is 11.3. The first-order valence-electron chi connectivity index (χ1n) is 13.3. The highest BCUT2D eigenvalue weighted by atomic mass is 19.3. The number of hydrogen-bond donors (Lipinski definition) is 3. The first kappa shape index (κ1) is 28.8. The van der Waals surface area contributed by atoms with Crippen LogP contribution >= 0.6 is 0 Å². The third-order valence-electron chi connectivity index (χ3n) is 7.55. The van der Waals surface area contributed by atoms with Crippen LogP contribution in [-0.2, 0) is 11.2 Å². The minimum absolute atomic E-state index is 0.0760. The number of para-hydroxylation sites is 1. The van der Waals surface area contributed by atoms with Crippen molar-refractivity contribution in [2.45, 2.75) is 44.6 Å². The summed E-state index contributed by atoms with van der Waals surface area (Å²) in [7, 11) is 1.71. The van der Waals surface area contributed by atoms with Crippen LogP contribution in [0.1, 0.15) is 47.8 Å². The second-order valence-corrected chi connectivity index (χ2v) is 10.8. The summed E-state index contributed by atoms with van der Waals surface area (Å²) in [4.78, 5) is 35.8. The molecule has 42 heavy (non-hydrogen) atoms. The van der Waals surface area contributed by atoms with Crippen molar-refractivity contribution in [3.05, 3.63) is 95.3 Å². The minimum atomic E-state index is -2.78. The molecule has 0 spiro atoms. The first-order valence-corrected chi connectivity index (χ1v) is 13.3. The molecule has 2 amide bonds. The number of pyridine rings is 1. The largest absolute Gasteiger partial charge is 0.356 e. The van der Waals surface area contributed by atoms with Crippen molar-refractivity contribution in [2.24, 2.45) is 0 Å². The molecule has 0 radical (unpaired) electrons. The zero-order valence-electron chi connectivity index (χ0n) is 23.1. The number of aromatic nitrogens is 2. The predicted molar refractivity (Wildman–Crippen MR) is 152 cm³/mol. The highest BCUT2D eigenvalue weighted by Gasteiger charge is 2.40. The lowest BCUT2D eigenvalue weighted by Crippen LogP contribution is -2.50. The van der Waals surface area contributed by atoms with Crippen LogP contribution in [0.5, 0.6) is 0 Å². The molecule has 0 saturated carbocycles. The summed E-state index contributed by atoms with van der Waals surface area (Å²) < 4.78 is 54.8. The SMILES string of the molecule is CN1C(=O)c2c([nH]c(-c3ccnc(NC(=O)[C@@H](CC(F)F)c4ccc(F)cc4)c3)c2Nc2ccccc2F)CC1(C)C. The molecule has 2 aromatic heterocycles. The fourth-order valence-electron chi connectivity index (χ4n) is 5.09. The monoisotopic (exact) mass is 579 g/mol. The average Bonchev–Trinajstić information content (AvgIpc) is 3.29. The molecule has 3 heterocycles. The van der Waals surface area contributed by atoms with Gasteiger partial charge in [-0.05, 0) is 55.8 Å². The number of fused-ring (bicyclic) bond motifs is 1. The number of H-pyrrole nitrogens is 1. The number of carbonyl (C=O) groups is 2. The number of aromatic amines is 1. The Morgan fingerprint density at radius 1 is 1.10 bits per heavy atom. The molecule has 0 aliphatic carbocycles. The van der Waals surface area contributed by atoms with Crippen LogP contribution in [0.15, 0.2) is 66.9 Å². The molecule has 218 valence electrons. The zero-order chi connectivity index (χ0) is 30.2. The van der Waals surface area contributed by atoms with Crippen molar-refractivity contribution < 1.29 is 27.2 Å². The summed E-state index contributed by atoms with van der Waals surface area (Å²) in [6, 6.07) is 14.1. The van der Waals surface area contributed by atoms with Gasteiger partial charge in [0.2, 0.25) is 12.3 Å². The van der Waals surface area contributed by atoms with E-state index in [-0.39, 0.29) is 23.0 Å². The van der Waals surface area contributed by atoms with E-state index in [4.69, 9.17) is 0 Å². The van der Waals surface area contributed by atoms with E-state index < -0.39 is 41.8 Å². The Morgan fingerprint density at radius 2 is 1.81 bits per heavy atom. The molecule has 1 aliphatic rings. The van der Waals surface area contributed by atoms with Crippen LogP contribution in [0, 0.1) is 11.6 Å². The van der Waals surface area contributed by atoms with E-state index in [0.29, 0.717) is 34.6 Å². The smallest absolute Gasteiger partial charge is 0.258 e. The average molecular weight is 580 g/mol. The van der Waals surface area contributed by atoms with E-state index in [0.717, 1.165) is 12.1 Å². The lowest BCUT2D eigenvalue weighted by molar-refractivity contribution is -0.118. The van der Waals surface area contributed by atoms with Crippen molar-refractivity contribution in [1.82, 2.24) is 14.9 Å². The number of halogens is 4. The number of alkyl halides is 2. The van der Waals surface area contributed by atoms with E-state index in [1.54, 1.807) is 36.2 Å². The molecule has 11 heteroatoms. The number of rotatable bonds is 8. The maximum atomic E-state index is 14.7. The van der Waals surface area contributed by atoms with Crippen LogP contribution in [0.4, 0.5) is 34.8 Å². The summed E-state index contributed by atoms with van der Waals surface area (Å²) in [6.07, 6.45) is -1.61. The van der Waals surface area contributed by atoms with Gasteiger partial charge in [-0.1, -0.05) is 24.3 Å². The van der Waals surface area contributed by atoms with Gasteiger partial charge in [0.15, 0.2) is 0 Å². The number of likely N-dealkylation sites (N-methyl/N-ethyl adjacent to an activating group) is 1. The fourth-order valence-corrected chi connectivity index (χ4v) is 5.09. The van der Waals surface area contributed by atoms with Crippen molar-refractivity contribution in [1.29, 1.82) is 0 Å². The molecule has 2 aromatic carbocycles. The molecule has 3 N–H and O–H groups in total. The summed E-state index contributed by atoms with van der Waals surface area (Å²) in [6.45, 7) is 3.88. The van der Waals surface area contributed by atoms with Crippen LogP contribution in [0.2, 0.25) is 0 Å². The number of hydrogen-bond acceptors (Lipinski definition) is 4. The highest BCUT2D eigenvalue weighted by Crippen LogP contribution is 2.41. The Morgan fingerprint density at radius 3 is 2.50 bits per heavy atom. The molecule has 0 unspecified atom stereocenters. The van der Waals surface area contributed by atoms with Crippen molar-refractivity contribution >= 4 is 29.0 Å². The molecular weight excluding hydrogens is 550 g/mol. The third-order valence-corrected chi connectivity index (χ3v) is 7.55. The third kappa shape index (κ3) is 5.72. The summed E-state index contributed by atoms with van der Waals surface area (Å²) in [5.41, 5.74) is 2.27. The Bertz CT molecular complexity index is 1630. The first-order chi connectivity index (χ1) is 19.9. The van der Waals surface area contributed by atoms with Crippen molar-refractivity contribution in [3.63, 3.8) is 0 Å². The Balaban J connectivity index is 1.53. The van der Waals surface area contributed by atoms with Crippen LogP contribution < -0.4 is 10.6 Å². The van der Waals surface area contributed by atoms with E-state index in [1.165, 1.54) is 30.5 Å². The quantitative estimate of drug-likeness (QED) is 0.199. The van der Waals surface area contributed by atoms with E-state index in [9.17, 15) is 27.2 Å². The molecular formula is C31H29F4N5O2. The Labute approximate surface area is 240 Å². The lowest BCUT2D eigenvalue weighted by Gasteiger charge is -2.39. The number of anilines is 3. The van der Waals surface area contributed by atoms with Gasteiger partial charge in [0.1, 0.15) is 17.5 Å². The van der Waals surface area contributed by atoms with E-state index in [2.05, 4.69) is 20.6 Å². The molecule has 4 aromatic rings. The topological polar surface area (TPSA) is 90.1 Å². The standard InChI is InChI=1S/C31H29F4N5O2/c1-31(2)16-23-26(30(42)40(31)3)28(37-22-7-5-4-6-21(22)33)27(38-23)18-12-13-36-25(14-18)39-29(41)20(15-24(34)35)17-8-10-19(32)11-9-17/h4-14,20,24,37-38H,15-16H2,1-3H3,(H,36,39,41)/t20-/m0/s1. The van der Waals surface area contributed by atoms with Gasteiger partial charge in [0, 0.05) is 42.9 Å². The van der Waals surface area contributed by atoms with Crippen LogP contribution in [0.3, 0.4) is 0 Å². The maximum Gasteiger partial charge on any atom is 0.258 e. The fraction of sp³-hybridized carbons (Fsp3) is 0.258. The molecule has 1 atom stereocenters. The minimum Gasteiger partial charge on any atom is -0.356 e. The summed E-state index contributed by atoms with van der Waals surface area (Å²) >= 11 is 0. The number of carbonyl (C=O) groups excluding carboxylic acids is 2. The highest BCUT2D eigenvalue weighted by molar-refractivity contribution is 6.06. The number of benzene rings is 2. The molecule has 1 aliphatic heterocycles. The van der Waals surface area contributed by atoms with Crippen LogP contribution in [0.25, 0.3) is 11.3 Å². The van der Waals surface area contributed by atoms with Gasteiger partial charge in [-0.15, -0.1) is 0 Å². The van der Waals surface area contributed by atoms with Gasteiger partial charge in [-0.2, -0.15) is 0 Å². The summed E-state index contributed by atoms with van der Waals surface area (Å²) in [5, 5.41) is 5.67. The van der Waals surface area contributed by atoms with Crippen molar-refractivity contribution in [3.8, 4) is 11.3 Å². The van der Waals surface area contributed by atoms with Gasteiger partial charge in [0.05, 0.1) is 28.6 Å². The Hall–Kier alpha value is -4.67. The molecule has 0 fully saturated rings. The Kier molecular flexibility index (Phi) is 7.77. The van der Waals surface area contributed by atoms with Gasteiger partial charge in [-0.3, -0.25) is 9.59 Å². The zero-order valence-corrected chi connectivity index (χ0v) is 23.1. The summed E-state index contributed by atoms with van der Waals surface area (Å²) in [5.74, 6) is -3.22. The predicted octanol–water partition coefficient (Wildman–Crippen LogP) is 6.88. The van der Waals surface area contributed by atoms with Gasteiger partial charge < -0.3 is 20.5 Å². The van der Waals surface area contributed by atoms with Gasteiger partial charge in [-0.25, -0.2) is 22.5 Å². The number of nitrogens with one attached hydrogen (secondary N) is 3. The molecule has 0 bridgehead atoms. The second-order valence-electron chi connectivity index (χ2n) is 10.8. The maximum absolute atomic E-state index is 14.7. The van der Waals surface area contributed by atoms with Gasteiger partial charge >= 0.3 is 0 Å². The molecule has 5 rings (SSSR count). The normalized spacial score (nSPS) is 15.0. The molecule has 0 saturated heterocycles. The van der Waals surface area contributed by atoms with E-state index in [1.807, 2.05) is 13.8 Å². The van der Waals surface area contributed by atoms with E-state index >= 15 is 0 Å². The van der Waals surface area contributed by atoms with Gasteiger partial charge in [0.25, 0.3) is 5.91 Å². The number of amides is 2. The van der Waals surface area contributed by atoms with Crippen LogP contribution in [-0.4, -0.2) is 45.7 Å². The molecule has 7 nitrogen and oxygen atoms in total.